The van der Waals surface area contributed by atoms with Crippen LogP contribution in [0.1, 0.15) is 25.5 Å². The number of rotatable bonds is 6. The Kier molecular flexibility index (Phi) is 5.80. The summed E-state index contributed by atoms with van der Waals surface area (Å²) < 4.78 is 32.2. The molecule has 0 amide bonds. The van der Waals surface area contributed by atoms with Crippen LogP contribution >= 0.6 is 0 Å². The number of nitrogens with zero attached hydrogens (tertiary/aromatic N) is 2. The lowest BCUT2D eigenvalue weighted by molar-refractivity contribution is 0.340. The van der Waals surface area contributed by atoms with Crippen molar-refractivity contribution in [3.8, 4) is 0 Å². The van der Waals surface area contributed by atoms with Gasteiger partial charge >= 0.3 is 0 Å². The zero-order valence-corrected chi connectivity index (χ0v) is 13.7. The first-order valence-electron chi connectivity index (χ1n) is 7.52. The van der Waals surface area contributed by atoms with Crippen molar-refractivity contribution in [2.75, 3.05) is 39.8 Å². The topological polar surface area (TPSA) is 65.8 Å². The van der Waals surface area contributed by atoms with Crippen molar-refractivity contribution in [1.82, 2.24) is 14.5 Å². The van der Waals surface area contributed by atoms with E-state index in [1.807, 2.05) is 7.05 Å². The summed E-state index contributed by atoms with van der Waals surface area (Å²) in [5.74, 6) is 0.661. The summed E-state index contributed by atoms with van der Waals surface area (Å²) in [6.07, 6.45) is 1.88. The summed E-state index contributed by atoms with van der Waals surface area (Å²) in [4.78, 5) is 2.15. The van der Waals surface area contributed by atoms with Gasteiger partial charge in [-0.25, -0.2) is 8.42 Å². The molecule has 120 valence electrons. The van der Waals surface area contributed by atoms with Crippen molar-refractivity contribution in [2.45, 2.75) is 31.4 Å². The minimum Gasteiger partial charge on any atom is -0.447 e. The largest absolute Gasteiger partial charge is 0.447 e. The monoisotopic (exact) mass is 315 g/mol. The van der Waals surface area contributed by atoms with Gasteiger partial charge in [0.15, 0.2) is 0 Å². The molecule has 0 spiro atoms. The molecule has 1 aromatic rings. The Morgan fingerprint density at radius 3 is 2.81 bits per heavy atom. The van der Waals surface area contributed by atoms with E-state index in [-0.39, 0.29) is 5.09 Å². The van der Waals surface area contributed by atoms with Crippen LogP contribution in [0.4, 0.5) is 0 Å². The molecule has 0 saturated carbocycles. The van der Waals surface area contributed by atoms with Gasteiger partial charge in [0.05, 0.1) is 6.54 Å². The van der Waals surface area contributed by atoms with Gasteiger partial charge in [-0.1, -0.05) is 6.92 Å². The summed E-state index contributed by atoms with van der Waals surface area (Å²) in [6, 6.07) is 3.30. The van der Waals surface area contributed by atoms with Crippen molar-refractivity contribution in [1.29, 1.82) is 0 Å². The summed E-state index contributed by atoms with van der Waals surface area (Å²) in [6.45, 7) is 6.29. The molecule has 1 aliphatic rings. The number of sulfonamides is 1. The number of likely N-dealkylation sites (N-methyl/N-ethyl adjacent to an activating group) is 1. The van der Waals surface area contributed by atoms with Crippen molar-refractivity contribution < 1.29 is 12.8 Å². The van der Waals surface area contributed by atoms with Crippen LogP contribution < -0.4 is 5.32 Å². The SMILES string of the molecule is CCCNCc1ccc(S(=O)(=O)N2CCCN(C)CC2)o1. The number of hydrogen-bond donors (Lipinski definition) is 1. The van der Waals surface area contributed by atoms with Gasteiger partial charge in [0.1, 0.15) is 5.76 Å². The molecule has 1 aliphatic heterocycles. The van der Waals surface area contributed by atoms with Gasteiger partial charge in [0, 0.05) is 19.6 Å². The predicted octanol–water partition coefficient (Wildman–Crippen LogP) is 1.11. The maximum Gasteiger partial charge on any atom is 0.276 e. The molecule has 0 aromatic carbocycles. The molecule has 1 fully saturated rings. The maximum atomic E-state index is 12.6. The van der Waals surface area contributed by atoms with Gasteiger partial charge in [0.25, 0.3) is 10.0 Å². The van der Waals surface area contributed by atoms with E-state index in [1.54, 1.807) is 12.1 Å². The lowest BCUT2D eigenvalue weighted by atomic mass is 10.4. The first kappa shape index (κ1) is 16.5. The van der Waals surface area contributed by atoms with Crippen molar-refractivity contribution in [2.24, 2.45) is 0 Å². The van der Waals surface area contributed by atoms with Crippen LogP contribution in [0.3, 0.4) is 0 Å². The van der Waals surface area contributed by atoms with Gasteiger partial charge in [-0.05, 0) is 45.1 Å². The minimum absolute atomic E-state index is 0.0559. The van der Waals surface area contributed by atoms with Gasteiger partial charge in [0.2, 0.25) is 5.09 Å². The van der Waals surface area contributed by atoms with Gasteiger partial charge < -0.3 is 14.6 Å². The Hall–Kier alpha value is -0.890. The molecular formula is C14H25N3O3S. The van der Waals surface area contributed by atoms with Crippen LogP contribution in [0.25, 0.3) is 0 Å². The third-order valence-electron chi connectivity index (χ3n) is 3.64. The molecule has 6 nitrogen and oxygen atoms in total. The molecule has 0 radical (unpaired) electrons. The Bertz CT molecular complexity index is 541. The fourth-order valence-corrected chi connectivity index (χ4v) is 3.77. The first-order chi connectivity index (χ1) is 10.0. The van der Waals surface area contributed by atoms with E-state index >= 15 is 0 Å². The third-order valence-corrected chi connectivity index (χ3v) is 5.41. The molecule has 0 aliphatic carbocycles. The Balaban J connectivity index is 2.05. The molecule has 1 aromatic heterocycles. The highest BCUT2D eigenvalue weighted by atomic mass is 32.2. The summed E-state index contributed by atoms with van der Waals surface area (Å²) in [5.41, 5.74) is 0. The fraction of sp³-hybridized carbons (Fsp3) is 0.714. The second-order valence-corrected chi connectivity index (χ2v) is 7.33. The molecule has 0 atom stereocenters. The average molecular weight is 315 g/mol. The first-order valence-corrected chi connectivity index (χ1v) is 8.96. The van der Waals surface area contributed by atoms with E-state index < -0.39 is 10.0 Å². The van der Waals surface area contributed by atoms with E-state index in [0.29, 0.717) is 25.4 Å². The van der Waals surface area contributed by atoms with E-state index in [1.165, 1.54) is 4.31 Å². The number of nitrogens with one attached hydrogen (secondary N) is 1. The Morgan fingerprint density at radius 1 is 1.24 bits per heavy atom. The van der Waals surface area contributed by atoms with E-state index in [2.05, 4.69) is 17.1 Å². The van der Waals surface area contributed by atoms with Crippen LogP contribution in [0.15, 0.2) is 21.6 Å². The zero-order chi connectivity index (χ0) is 15.3. The second kappa shape index (κ2) is 7.40. The van der Waals surface area contributed by atoms with Crippen LogP contribution in [-0.2, 0) is 16.6 Å². The van der Waals surface area contributed by atoms with Crippen molar-refractivity contribution in [3.05, 3.63) is 17.9 Å². The standard InChI is InChI=1S/C14H25N3O3S/c1-3-7-15-12-13-5-6-14(20-13)21(18,19)17-9-4-8-16(2)10-11-17/h5-6,15H,3-4,7-12H2,1-2H3. The van der Waals surface area contributed by atoms with Gasteiger partial charge in [-0.15, -0.1) is 0 Å². The Morgan fingerprint density at radius 2 is 2.05 bits per heavy atom. The summed E-state index contributed by atoms with van der Waals surface area (Å²) in [5, 5.41) is 3.26. The quantitative estimate of drug-likeness (QED) is 0.797. The number of furan rings is 1. The second-order valence-electron chi connectivity index (χ2n) is 5.46. The normalized spacial score (nSPS) is 18.8. The van der Waals surface area contributed by atoms with Crippen LogP contribution in [0.2, 0.25) is 0 Å². The lowest BCUT2D eigenvalue weighted by Crippen LogP contribution is -2.34. The molecule has 0 unspecified atom stereocenters. The van der Waals surface area contributed by atoms with E-state index in [0.717, 1.165) is 32.5 Å². The molecular weight excluding hydrogens is 290 g/mol. The summed E-state index contributed by atoms with van der Waals surface area (Å²) >= 11 is 0. The van der Waals surface area contributed by atoms with Crippen LogP contribution in [0.5, 0.6) is 0 Å². The Labute approximate surface area is 127 Å². The lowest BCUT2D eigenvalue weighted by Gasteiger charge is -2.18. The maximum absolute atomic E-state index is 12.6. The van der Waals surface area contributed by atoms with Gasteiger partial charge in [-0.3, -0.25) is 0 Å². The van der Waals surface area contributed by atoms with Crippen molar-refractivity contribution in [3.63, 3.8) is 0 Å². The van der Waals surface area contributed by atoms with Gasteiger partial charge in [-0.2, -0.15) is 4.31 Å². The average Bonchev–Trinajstić information content (AvgIpc) is 2.81. The van der Waals surface area contributed by atoms with E-state index in [9.17, 15) is 8.42 Å². The number of hydrogen-bond acceptors (Lipinski definition) is 5. The molecule has 2 rings (SSSR count). The molecule has 1 saturated heterocycles. The molecule has 1 N–H and O–H groups in total. The highest BCUT2D eigenvalue weighted by Gasteiger charge is 2.28. The summed E-state index contributed by atoms with van der Waals surface area (Å²) in [7, 11) is -1.49. The minimum atomic E-state index is -3.51. The van der Waals surface area contributed by atoms with E-state index in [4.69, 9.17) is 4.42 Å². The smallest absolute Gasteiger partial charge is 0.276 e. The highest BCUT2D eigenvalue weighted by Crippen LogP contribution is 2.20. The zero-order valence-electron chi connectivity index (χ0n) is 12.8. The molecule has 0 bridgehead atoms. The predicted molar refractivity (Wildman–Crippen MR) is 81.6 cm³/mol. The van der Waals surface area contributed by atoms with Crippen LogP contribution in [-0.4, -0.2) is 57.4 Å². The highest BCUT2D eigenvalue weighted by molar-refractivity contribution is 7.89. The third kappa shape index (κ3) is 4.29. The molecule has 2 heterocycles. The molecule has 21 heavy (non-hydrogen) atoms. The molecule has 7 heteroatoms. The van der Waals surface area contributed by atoms with Crippen molar-refractivity contribution >= 4 is 10.0 Å². The van der Waals surface area contributed by atoms with Crippen LogP contribution in [0, 0.1) is 0 Å². The fourth-order valence-electron chi connectivity index (χ4n) is 2.37.